The van der Waals surface area contributed by atoms with Gasteiger partial charge in [-0.1, -0.05) is 64.1 Å². The third-order valence-electron chi connectivity index (χ3n) is 14.7. The number of benzene rings is 2. The summed E-state index contributed by atoms with van der Waals surface area (Å²) in [5.41, 5.74) is -3.17. The Balaban J connectivity index is 1.44. The van der Waals surface area contributed by atoms with Crippen LogP contribution in [0.15, 0.2) is 91.0 Å². The Morgan fingerprint density at radius 1 is 0.778 bits per heavy atom. The lowest BCUT2D eigenvalue weighted by molar-refractivity contribution is -0.318. The monoisotopic (exact) mass is 1000 g/mol. The number of imidazole rings is 1. The maximum absolute atomic E-state index is 15.0. The van der Waals surface area contributed by atoms with Crippen LogP contribution in [-0.4, -0.2) is 126 Å². The van der Waals surface area contributed by atoms with Gasteiger partial charge in [-0.05, 0) is 104 Å². The molecule has 72 heavy (non-hydrogen) atoms. The Morgan fingerprint density at radius 3 is 1.94 bits per heavy atom. The third-order valence-corrected chi connectivity index (χ3v) is 14.7. The van der Waals surface area contributed by atoms with Crippen molar-refractivity contribution in [1.82, 2.24) is 9.55 Å². The van der Waals surface area contributed by atoms with Gasteiger partial charge in [0.1, 0.15) is 18.0 Å². The number of Topliss-reactive ketones (excluding diaryl/α,β-unsaturated/α-hetero) is 1. The Morgan fingerprint density at radius 2 is 1.38 bits per heavy atom. The average molecular weight is 1000 g/mol. The first kappa shape index (κ1) is 56.0. The van der Waals surface area contributed by atoms with E-state index in [-0.39, 0.29) is 42.6 Å². The number of esters is 3. The van der Waals surface area contributed by atoms with Crippen LogP contribution in [0, 0.1) is 23.7 Å². The molecular weight excluding hydrogens is 929 g/mol. The summed E-state index contributed by atoms with van der Waals surface area (Å²) < 4.78 is 65.9. The van der Waals surface area contributed by atoms with Crippen LogP contribution in [-0.2, 0) is 57.0 Å². The molecule has 17 nitrogen and oxygen atoms in total. The fourth-order valence-corrected chi connectivity index (χ4v) is 10.6. The van der Waals surface area contributed by atoms with Crippen molar-refractivity contribution in [3.8, 4) is 0 Å². The smallest absolute Gasteiger partial charge is 0.420 e. The number of carbonyl (C=O) groups excluding carboxylic acids is 5. The second-order valence-corrected chi connectivity index (χ2v) is 20.4. The number of cyclic esters (lactones) is 1. The number of ether oxygens (including phenoxy) is 10. The summed E-state index contributed by atoms with van der Waals surface area (Å²) in [6.07, 6.45) is -2.62. The van der Waals surface area contributed by atoms with Gasteiger partial charge in [-0.2, -0.15) is 0 Å². The van der Waals surface area contributed by atoms with E-state index in [9.17, 15) is 19.2 Å². The molecule has 17 heteroatoms. The van der Waals surface area contributed by atoms with E-state index in [0.717, 1.165) is 4.57 Å². The van der Waals surface area contributed by atoms with E-state index in [4.69, 9.17) is 47.4 Å². The number of hydrogen-bond acceptors (Lipinski definition) is 16. The highest BCUT2D eigenvalue weighted by Crippen LogP contribution is 2.43. The molecule has 4 heterocycles. The summed E-state index contributed by atoms with van der Waals surface area (Å²) in [6.45, 7) is 19.6. The van der Waals surface area contributed by atoms with Crippen LogP contribution >= 0.6 is 0 Å². The number of methoxy groups -OCH3 is 2. The first-order valence-electron chi connectivity index (χ1n) is 25.0. The van der Waals surface area contributed by atoms with Crippen molar-refractivity contribution >= 4 is 29.8 Å². The van der Waals surface area contributed by atoms with Gasteiger partial charge in [-0.15, -0.1) is 0 Å². The highest BCUT2D eigenvalue weighted by Gasteiger charge is 2.54. The largest absolute Gasteiger partial charge is 0.457 e. The first-order valence-corrected chi connectivity index (χ1v) is 25.0. The molecule has 3 aliphatic heterocycles. The fraction of sp³-hybridized carbons (Fsp3) is 0.600. The molecule has 394 valence electrons. The molecule has 3 aromatic rings. The van der Waals surface area contributed by atoms with Gasteiger partial charge >= 0.3 is 24.0 Å². The Labute approximate surface area is 423 Å². The summed E-state index contributed by atoms with van der Waals surface area (Å²) in [5, 5.41) is 0. The fourth-order valence-electron chi connectivity index (χ4n) is 10.6. The molecule has 0 aliphatic carbocycles. The van der Waals surface area contributed by atoms with Gasteiger partial charge in [0, 0.05) is 50.8 Å². The quantitative estimate of drug-likeness (QED) is 0.123. The first-order chi connectivity index (χ1) is 34.1. The number of allylic oxidation sites excluding steroid dienone is 1. The lowest BCUT2D eigenvalue weighted by Gasteiger charge is -2.49. The van der Waals surface area contributed by atoms with Crippen molar-refractivity contribution in [1.29, 1.82) is 0 Å². The molecule has 2 saturated heterocycles. The van der Waals surface area contributed by atoms with Crippen LogP contribution in [0.3, 0.4) is 0 Å². The number of carbonyl (C=O) groups is 5. The van der Waals surface area contributed by atoms with Crippen LogP contribution in [0.2, 0.25) is 0 Å². The molecule has 2 aromatic carbocycles. The van der Waals surface area contributed by atoms with E-state index in [1.54, 1.807) is 103 Å². The molecular formula is C55H74N2O15. The van der Waals surface area contributed by atoms with E-state index < -0.39 is 108 Å². The molecule has 1 aromatic heterocycles. The minimum Gasteiger partial charge on any atom is -0.457 e. The van der Waals surface area contributed by atoms with Crippen molar-refractivity contribution in [3.05, 3.63) is 102 Å². The van der Waals surface area contributed by atoms with Gasteiger partial charge < -0.3 is 47.4 Å². The molecule has 0 radical (unpaired) electrons. The zero-order valence-corrected chi connectivity index (χ0v) is 43.9. The molecule has 2 fully saturated rings. The zero-order valence-electron chi connectivity index (χ0n) is 43.9. The predicted molar refractivity (Wildman–Crippen MR) is 262 cm³/mol. The Bertz CT molecular complexity index is 2350. The SMILES string of the molecule is CC[C@H]1OC(=O)[C@H](C)[C@@H](O[C@H]2C[C@@](C)(OC)[C@@H](OC(=O)c3ccccc3)[C@H](C)O2)[C@H](C)[C@@H](O[C@@H]2O[C@H](C)C[C@H](C)[C@H]2OC(=O)c2ccccc2)[C@@](C)(OC)C[C@@H](C)C(=O)/C(C)=C/[C@]1(C)OC(=O)n1ccnc1. The number of ketones is 1. The third kappa shape index (κ3) is 12.7. The normalized spacial score (nSPS) is 36.7. The van der Waals surface area contributed by atoms with Crippen molar-refractivity contribution in [2.24, 2.45) is 23.7 Å². The lowest BCUT2D eigenvalue weighted by Crippen LogP contribution is -2.60. The van der Waals surface area contributed by atoms with Crippen molar-refractivity contribution < 1.29 is 71.3 Å². The van der Waals surface area contributed by atoms with Crippen molar-refractivity contribution in [2.45, 2.75) is 174 Å². The standard InChI is InChI=1S/C55H74N2O15/c1-14-41-53(9,72-52(62)57-26-25-56-31-57)28-33(3)43(58)34(4)29-54(10,63-12)46(71-51-44(32(2)27-35(5)65-51)69-49(60)39-21-17-15-18-22-39)36(6)45(37(7)48(59)67-41)68-42-30-55(11,64-13)47(38(8)66-42)70-50(61)40-23-19-16-20-24-40/h15-26,28,31-32,34-38,41-42,44-47,51H,14,27,29-30H2,1-13H3/b33-28+/t32-,34+,35+,36-,37+,38-,41+,42-,44+,45-,46+,47-,51-,53-,54-,55+/m0/s1. The van der Waals surface area contributed by atoms with Crippen molar-refractivity contribution in [3.63, 3.8) is 0 Å². The maximum Gasteiger partial charge on any atom is 0.420 e. The summed E-state index contributed by atoms with van der Waals surface area (Å²) >= 11 is 0. The van der Waals surface area contributed by atoms with Gasteiger partial charge in [0.15, 0.2) is 36.2 Å². The number of hydrogen-bond donors (Lipinski definition) is 0. The highest BCUT2D eigenvalue weighted by molar-refractivity contribution is 5.96. The van der Waals surface area contributed by atoms with E-state index in [0.29, 0.717) is 17.5 Å². The second-order valence-electron chi connectivity index (χ2n) is 20.4. The van der Waals surface area contributed by atoms with Gasteiger partial charge in [0.2, 0.25) is 0 Å². The highest BCUT2D eigenvalue weighted by atomic mass is 16.7. The van der Waals surface area contributed by atoms with E-state index >= 15 is 4.79 Å². The topological polar surface area (TPSA) is 195 Å². The van der Waals surface area contributed by atoms with Gasteiger partial charge in [-0.25, -0.2) is 23.9 Å². The van der Waals surface area contributed by atoms with Crippen LogP contribution in [0.4, 0.5) is 4.79 Å². The second kappa shape index (κ2) is 23.7. The van der Waals surface area contributed by atoms with E-state index in [1.165, 1.54) is 39.0 Å². The maximum atomic E-state index is 15.0. The summed E-state index contributed by atoms with van der Waals surface area (Å²) in [7, 11) is 3.04. The van der Waals surface area contributed by atoms with Gasteiger partial charge in [0.05, 0.1) is 47.1 Å². The predicted octanol–water partition coefficient (Wildman–Crippen LogP) is 8.71. The van der Waals surface area contributed by atoms with Gasteiger partial charge in [-0.3, -0.25) is 9.59 Å². The molecule has 3 aliphatic rings. The van der Waals surface area contributed by atoms with Crippen molar-refractivity contribution in [2.75, 3.05) is 14.2 Å². The van der Waals surface area contributed by atoms with Crippen LogP contribution in [0.25, 0.3) is 0 Å². The Kier molecular flexibility index (Phi) is 18.4. The van der Waals surface area contributed by atoms with Crippen LogP contribution in [0.5, 0.6) is 0 Å². The Hall–Kier alpha value is -5.30. The average Bonchev–Trinajstić information content (AvgIpc) is 3.91. The molecule has 0 amide bonds. The summed E-state index contributed by atoms with van der Waals surface area (Å²) in [5.74, 6) is -4.99. The minimum absolute atomic E-state index is 0.0480. The number of aromatic nitrogens is 2. The summed E-state index contributed by atoms with van der Waals surface area (Å²) in [4.78, 5) is 74.4. The van der Waals surface area contributed by atoms with E-state index in [1.807, 2.05) is 33.8 Å². The van der Waals surface area contributed by atoms with Crippen LogP contribution in [0.1, 0.15) is 123 Å². The van der Waals surface area contributed by atoms with Crippen LogP contribution < -0.4 is 0 Å². The molecule has 0 N–H and O–H groups in total. The number of nitrogens with zero attached hydrogens (tertiary/aromatic N) is 2. The zero-order chi connectivity index (χ0) is 52.7. The summed E-state index contributed by atoms with van der Waals surface area (Å²) in [6, 6.07) is 17.3. The molecule has 0 bridgehead atoms. The molecule has 0 saturated carbocycles. The molecule has 6 rings (SSSR count). The molecule has 16 atom stereocenters. The van der Waals surface area contributed by atoms with E-state index in [2.05, 4.69) is 4.98 Å². The minimum atomic E-state index is -1.65. The number of rotatable bonds is 12. The molecule has 0 unspecified atom stereocenters. The van der Waals surface area contributed by atoms with Gasteiger partial charge in [0.25, 0.3) is 0 Å². The molecule has 0 spiro atoms. The lowest BCUT2D eigenvalue weighted by atomic mass is 9.76.